The van der Waals surface area contributed by atoms with Crippen molar-refractivity contribution >= 4 is 17.3 Å². The van der Waals surface area contributed by atoms with Crippen molar-refractivity contribution in [2.75, 3.05) is 19.1 Å². The van der Waals surface area contributed by atoms with Crippen LogP contribution in [0.5, 0.6) is 5.75 Å². The molecule has 0 saturated carbocycles. The van der Waals surface area contributed by atoms with Crippen molar-refractivity contribution < 1.29 is 14.3 Å². The van der Waals surface area contributed by atoms with E-state index in [4.69, 9.17) is 4.74 Å². The normalized spacial score (nSPS) is 9.76. The van der Waals surface area contributed by atoms with Gasteiger partial charge in [-0.3, -0.25) is 9.59 Å². The maximum absolute atomic E-state index is 11.2. The van der Waals surface area contributed by atoms with Crippen LogP contribution in [0.3, 0.4) is 0 Å². The van der Waals surface area contributed by atoms with Gasteiger partial charge in [0.25, 0.3) is 0 Å². The smallest absolute Gasteiger partial charge is 0.155 e. The summed E-state index contributed by atoms with van der Waals surface area (Å²) in [5.41, 5.74) is 6.43. The predicted octanol–water partition coefficient (Wildman–Crippen LogP) is 1.16. The molecule has 17 heavy (non-hydrogen) atoms. The highest BCUT2D eigenvalue weighted by atomic mass is 16.5. The number of rotatable bonds is 7. The first-order valence-electron chi connectivity index (χ1n) is 5.26. The lowest BCUT2D eigenvalue weighted by Crippen LogP contribution is -2.29. The fraction of sp³-hybridized carbons (Fsp3) is 0.333. The summed E-state index contributed by atoms with van der Waals surface area (Å²) >= 11 is 0. The molecule has 0 aliphatic carbocycles. The van der Waals surface area contributed by atoms with Crippen LogP contribution in [-0.4, -0.2) is 25.2 Å². The Hall–Kier alpha value is -1.88. The van der Waals surface area contributed by atoms with E-state index in [9.17, 15) is 9.59 Å². The fourth-order valence-corrected chi connectivity index (χ4v) is 1.26. The SMILES string of the molecule is COc1ccc(NNCC(=O)CC(C)=O)cc1. The molecule has 92 valence electrons. The van der Waals surface area contributed by atoms with E-state index in [-0.39, 0.29) is 24.5 Å². The largest absolute Gasteiger partial charge is 0.497 e. The van der Waals surface area contributed by atoms with Crippen molar-refractivity contribution in [3.8, 4) is 5.75 Å². The van der Waals surface area contributed by atoms with Crippen molar-refractivity contribution in [2.24, 2.45) is 0 Å². The zero-order valence-corrected chi connectivity index (χ0v) is 9.95. The minimum absolute atomic E-state index is 0.0305. The topological polar surface area (TPSA) is 67.4 Å². The summed E-state index contributed by atoms with van der Waals surface area (Å²) in [5.74, 6) is 0.503. The van der Waals surface area contributed by atoms with Crippen LogP contribution in [0.25, 0.3) is 0 Å². The number of hydrazine groups is 1. The third-order valence-corrected chi connectivity index (χ3v) is 2.05. The molecule has 0 radical (unpaired) electrons. The van der Waals surface area contributed by atoms with Crippen LogP contribution in [0.4, 0.5) is 5.69 Å². The van der Waals surface area contributed by atoms with Crippen molar-refractivity contribution in [3.05, 3.63) is 24.3 Å². The first-order valence-corrected chi connectivity index (χ1v) is 5.26. The third-order valence-electron chi connectivity index (χ3n) is 2.05. The van der Waals surface area contributed by atoms with E-state index < -0.39 is 0 Å². The maximum atomic E-state index is 11.2. The predicted molar refractivity (Wildman–Crippen MR) is 64.9 cm³/mol. The highest BCUT2D eigenvalue weighted by Crippen LogP contribution is 2.13. The van der Waals surface area contributed by atoms with E-state index in [1.807, 2.05) is 12.1 Å². The molecule has 0 unspecified atom stereocenters. The summed E-state index contributed by atoms with van der Waals surface area (Å²) in [7, 11) is 1.60. The second kappa shape index (κ2) is 6.65. The Morgan fingerprint density at radius 3 is 2.41 bits per heavy atom. The molecule has 1 aromatic carbocycles. The van der Waals surface area contributed by atoms with Gasteiger partial charge in [0.15, 0.2) is 5.78 Å². The van der Waals surface area contributed by atoms with E-state index >= 15 is 0 Å². The van der Waals surface area contributed by atoms with Gasteiger partial charge in [0.1, 0.15) is 11.5 Å². The van der Waals surface area contributed by atoms with Gasteiger partial charge >= 0.3 is 0 Å². The van der Waals surface area contributed by atoms with Crippen LogP contribution in [-0.2, 0) is 9.59 Å². The van der Waals surface area contributed by atoms with Crippen LogP contribution < -0.4 is 15.6 Å². The second-order valence-corrected chi connectivity index (χ2v) is 3.62. The van der Waals surface area contributed by atoms with Crippen LogP contribution in [0.2, 0.25) is 0 Å². The van der Waals surface area contributed by atoms with Crippen molar-refractivity contribution in [1.29, 1.82) is 0 Å². The van der Waals surface area contributed by atoms with Gasteiger partial charge < -0.3 is 10.2 Å². The molecule has 0 aliphatic heterocycles. The number of hydrogen-bond acceptors (Lipinski definition) is 5. The standard InChI is InChI=1S/C12H16N2O3/c1-9(15)7-11(16)8-13-14-10-3-5-12(17-2)6-4-10/h3-6,13-14H,7-8H2,1-2H3. The van der Waals surface area contributed by atoms with Crippen LogP contribution in [0.1, 0.15) is 13.3 Å². The Balaban J connectivity index is 2.30. The van der Waals surface area contributed by atoms with Crippen molar-refractivity contribution in [2.45, 2.75) is 13.3 Å². The molecule has 0 bridgehead atoms. The number of methoxy groups -OCH3 is 1. The van der Waals surface area contributed by atoms with Crippen molar-refractivity contribution in [1.82, 2.24) is 5.43 Å². The van der Waals surface area contributed by atoms with Crippen LogP contribution in [0.15, 0.2) is 24.3 Å². The number of hydrogen-bond donors (Lipinski definition) is 2. The van der Waals surface area contributed by atoms with Gasteiger partial charge in [-0.2, -0.15) is 0 Å². The zero-order chi connectivity index (χ0) is 12.7. The molecule has 1 aromatic rings. The highest BCUT2D eigenvalue weighted by molar-refractivity contribution is 5.98. The summed E-state index contributed by atoms with van der Waals surface area (Å²) in [6, 6.07) is 7.26. The molecule has 0 aromatic heterocycles. The monoisotopic (exact) mass is 236 g/mol. The average molecular weight is 236 g/mol. The molecule has 0 aliphatic rings. The van der Waals surface area contributed by atoms with E-state index in [1.165, 1.54) is 6.92 Å². The lowest BCUT2D eigenvalue weighted by atomic mass is 10.2. The van der Waals surface area contributed by atoms with Gasteiger partial charge in [-0.1, -0.05) is 0 Å². The Bertz CT molecular complexity index is 387. The molecule has 0 heterocycles. The Kier molecular flexibility index (Phi) is 5.16. The quantitative estimate of drug-likeness (QED) is 0.549. The number of ether oxygens (including phenoxy) is 1. The number of carbonyl (C=O) groups is 2. The number of anilines is 1. The van der Waals surface area contributed by atoms with E-state index in [2.05, 4.69) is 10.9 Å². The Morgan fingerprint density at radius 2 is 1.88 bits per heavy atom. The summed E-state index contributed by atoms with van der Waals surface area (Å²) in [4.78, 5) is 21.9. The molecule has 0 fully saturated rings. The van der Waals surface area contributed by atoms with Gasteiger partial charge in [-0.15, -0.1) is 0 Å². The number of benzene rings is 1. The second-order valence-electron chi connectivity index (χ2n) is 3.62. The van der Waals surface area contributed by atoms with Gasteiger partial charge in [0.05, 0.1) is 20.1 Å². The molecule has 2 N–H and O–H groups in total. The molecule has 0 amide bonds. The number of Topliss-reactive ketones (excluding diaryl/α,β-unsaturated/α-hetero) is 2. The molecule has 0 atom stereocenters. The first kappa shape index (κ1) is 13.2. The molecule has 5 heteroatoms. The van der Waals surface area contributed by atoms with Gasteiger partial charge in [0.2, 0.25) is 0 Å². The lowest BCUT2D eigenvalue weighted by Gasteiger charge is -2.08. The van der Waals surface area contributed by atoms with E-state index in [0.29, 0.717) is 0 Å². The average Bonchev–Trinajstić information content (AvgIpc) is 2.29. The minimum Gasteiger partial charge on any atom is -0.497 e. The molecular weight excluding hydrogens is 220 g/mol. The summed E-state index contributed by atoms with van der Waals surface area (Å²) in [6.07, 6.45) is -0.0305. The first-order chi connectivity index (χ1) is 8.11. The van der Waals surface area contributed by atoms with E-state index in [1.54, 1.807) is 19.2 Å². The molecule has 0 spiro atoms. The summed E-state index contributed by atoms with van der Waals surface area (Å²) in [6.45, 7) is 1.51. The highest BCUT2D eigenvalue weighted by Gasteiger charge is 2.04. The molecule has 5 nitrogen and oxygen atoms in total. The Morgan fingerprint density at radius 1 is 1.24 bits per heavy atom. The minimum atomic E-state index is -0.140. The third kappa shape index (κ3) is 5.12. The van der Waals surface area contributed by atoms with E-state index in [0.717, 1.165) is 11.4 Å². The number of nitrogens with one attached hydrogen (secondary N) is 2. The number of carbonyl (C=O) groups excluding carboxylic acids is 2. The molecular formula is C12H16N2O3. The summed E-state index contributed by atoms with van der Waals surface area (Å²) in [5, 5.41) is 0. The zero-order valence-electron chi connectivity index (χ0n) is 9.95. The summed E-state index contributed by atoms with van der Waals surface area (Å²) < 4.78 is 5.02. The molecule has 1 rings (SSSR count). The van der Waals surface area contributed by atoms with Gasteiger partial charge in [-0.05, 0) is 31.2 Å². The fourth-order valence-electron chi connectivity index (χ4n) is 1.26. The molecule has 0 saturated heterocycles. The van der Waals surface area contributed by atoms with Crippen molar-refractivity contribution in [3.63, 3.8) is 0 Å². The van der Waals surface area contributed by atoms with Crippen LogP contribution in [0, 0.1) is 0 Å². The lowest BCUT2D eigenvalue weighted by molar-refractivity contribution is -0.125. The maximum Gasteiger partial charge on any atom is 0.155 e. The van der Waals surface area contributed by atoms with Gasteiger partial charge in [0, 0.05) is 5.69 Å². The number of ketones is 2. The van der Waals surface area contributed by atoms with Crippen LogP contribution >= 0.6 is 0 Å². The van der Waals surface area contributed by atoms with Gasteiger partial charge in [-0.25, -0.2) is 5.43 Å². The Labute approximate surface area is 100 Å².